The third kappa shape index (κ3) is 4.39. The van der Waals surface area contributed by atoms with E-state index in [1.54, 1.807) is 13.8 Å². The number of benzene rings is 1. The van der Waals surface area contributed by atoms with Crippen molar-refractivity contribution in [3.05, 3.63) is 23.5 Å². The van der Waals surface area contributed by atoms with Crippen LogP contribution in [0, 0.1) is 12.7 Å². The van der Waals surface area contributed by atoms with Gasteiger partial charge >= 0.3 is 0 Å². The maximum absolute atomic E-state index is 13.4. The summed E-state index contributed by atoms with van der Waals surface area (Å²) < 4.78 is 40.1. The molecule has 7 heteroatoms. The molecule has 0 aliphatic heterocycles. The summed E-state index contributed by atoms with van der Waals surface area (Å²) in [6.45, 7) is 4.95. The van der Waals surface area contributed by atoms with E-state index in [0.717, 1.165) is 19.0 Å². The van der Waals surface area contributed by atoms with Crippen LogP contribution in [0.5, 0.6) is 0 Å². The molecule has 21 heavy (non-hydrogen) atoms. The molecule has 0 saturated carbocycles. The number of hydrogen-bond acceptors (Lipinski definition) is 4. The van der Waals surface area contributed by atoms with Gasteiger partial charge in [0.2, 0.25) is 10.0 Å². The molecular formula is C14H24FN3O2S. The first-order chi connectivity index (χ1) is 9.70. The first kappa shape index (κ1) is 17.9. The van der Waals surface area contributed by atoms with Crippen molar-refractivity contribution in [2.24, 2.45) is 0 Å². The second-order valence-corrected chi connectivity index (χ2v) is 7.20. The molecule has 1 aromatic rings. The van der Waals surface area contributed by atoms with Gasteiger partial charge in [0.05, 0.1) is 10.6 Å². The van der Waals surface area contributed by atoms with E-state index in [9.17, 15) is 12.8 Å². The van der Waals surface area contributed by atoms with Crippen molar-refractivity contribution < 1.29 is 12.8 Å². The Morgan fingerprint density at radius 2 is 1.86 bits per heavy atom. The van der Waals surface area contributed by atoms with Gasteiger partial charge in [0, 0.05) is 13.1 Å². The fraction of sp³-hybridized carbons (Fsp3) is 0.571. The van der Waals surface area contributed by atoms with E-state index < -0.39 is 15.8 Å². The molecule has 0 bridgehead atoms. The van der Waals surface area contributed by atoms with Crippen molar-refractivity contribution in [3.63, 3.8) is 0 Å². The maximum atomic E-state index is 13.4. The van der Waals surface area contributed by atoms with Crippen LogP contribution in [0.2, 0.25) is 0 Å². The minimum Gasteiger partial charge on any atom is -0.396 e. The van der Waals surface area contributed by atoms with Crippen LogP contribution in [0.3, 0.4) is 0 Å². The van der Waals surface area contributed by atoms with E-state index in [4.69, 9.17) is 5.73 Å². The van der Waals surface area contributed by atoms with Gasteiger partial charge < -0.3 is 10.6 Å². The van der Waals surface area contributed by atoms with Gasteiger partial charge in [-0.1, -0.05) is 6.92 Å². The Morgan fingerprint density at radius 1 is 1.24 bits per heavy atom. The predicted molar refractivity (Wildman–Crippen MR) is 83.2 cm³/mol. The predicted octanol–water partition coefficient (Wildman–Crippen LogP) is 1.68. The molecule has 120 valence electrons. The summed E-state index contributed by atoms with van der Waals surface area (Å²) in [7, 11) is 0.229. The maximum Gasteiger partial charge on any atom is 0.243 e. The van der Waals surface area contributed by atoms with E-state index in [2.05, 4.69) is 0 Å². The summed E-state index contributed by atoms with van der Waals surface area (Å²) >= 11 is 0. The average Bonchev–Trinajstić information content (AvgIpc) is 2.38. The lowest BCUT2D eigenvalue weighted by Gasteiger charge is -2.22. The van der Waals surface area contributed by atoms with Crippen LogP contribution in [-0.2, 0) is 10.0 Å². The molecule has 0 atom stereocenters. The van der Waals surface area contributed by atoms with Gasteiger partial charge in [-0.25, -0.2) is 12.8 Å². The number of rotatable bonds is 7. The van der Waals surface area contributed by atoms with E-state index >= 15 is 0 Å². The summed E-state index contributed by atoms with van der Waals surface area (Å²) in [5.74, 6) is -0.595. The largest absolute Gasteiger partial charge is 0.396 e. The lowest BCUT2D eigenvalue weighted by atomic mass is 10.2. The highest BCUT2D eigenvalue weighted by Gasteiger charge is 2.25. The van der Waals surface area contributed by atoms with Crippen molar-refractivity contribution in [2.75, 3.05) is 39.5 Å². The Morgan fingerprint density at radius 3 is 2.38 bits per heavy atom. The number of nitrogens with zero attached hydrogens (tertiary/aromatic N) is 2. The standard InChI is InChI=1S/C14H24FN3O2S/c1-5-18(8-6-7-17(3)4)21(19,20)14-10-13(16)12(15)9-11(14)2/h9-10H,5-8,16H2,1-4H3. The molecule has 0 spiro atoms. The van der Waals surface area contributed by atoms with Gasteiger partial charge in [-0.15, -0.1) is 0 Å². The van der Waals surface area contributed by atoms with E-state index in [1.165, 1.54) is 10.4 Å². The van der Waals surface area contributed by atoms with Crippen molar-refractivity contribution in [3.8, 4) is 0 Å². The van der Waals surface area contributed by atoms with Crippen molar-refractivity contribution in [2.45, 2.75) is 25.2 Å². The first-order valence-corrected chi connectivity index (χ1v) is 8.34. The molecule has 2 N–H and O–H groups in total. The summed E-state index contributed by atoms with van der Waals surface area (Å²) in [5.41, 5.74) is 5.72. The molecule has 0 amide bonds. The molecule has 0 aromatic heterocycles. The minimum absolute atomic E-state index is 0.0769. The average molecular weight is 317 g/mol. The second-order valence-electron chi connectivity index (χ2n) is 5.29. The van der Waals surface area contributed by atoms with Gasteiger partial charge in [0.15, 0.2) is 0 Å². The van der Waals surface area contributed by atoms with Crippen molar-refractivity contribution >= 4 is 15.7 Å². The molecule has 0 unspecified atom stereocenters. The zero-order chi connectivity index (χ0) is 16.2. The third-order valence-electron chi connectivity index (χ3n) is 3.28. The van der Waals surface area contributed by atoms with Gasteiger partial charge in [-0.05, 0) is 51.7 Å². The number of hydrogen-bond donors (Lipinski definition) is 1. The number of aryl methyl sites for hydroxylation is 1. The van der Waals surface area contributed by atoms with Crippen LogP contribution in [0.4, 0.5) is 10.1 Å². The van der Waals surface area contributed by atoms with Gasteiger partial charge in [0.25, 0.3) is 0 Å². The fourth-order valence-electron chi connectivity index (χ4n) is 2.10. The smallest absolute Gasteiger partial charge is 0.243 e. The Kier molecular flexibility index (Phi) is 6.12. The minimum atomic E-state index is -3.65. The van der Waals surface area contributed by atoms with Crippen molar-refractivity contribution in [1.29, 1.82) is 0 Å². The van der Waals surface area contributed by atoms with E-state index in [0.29, 0.717) is 18.7 Å². The van der Waals surface area contributed by atoms with Gasteiger partial charge in [0.1, 0.15) is 5.82 Å². The SMILES string of the molecule is CCN(CCCN(C)C)S(=O)(=O)c1cc(N)c(F)cc1C. The molecule has 5 nitrogen and oxygen atoms in total. The Labute approximate surface area is 126 Å². The number of anilines is 1. The van der Waals surface area contributed by atoms with Crippen molar-refractivity contribution in [1.82, 2.24) is 9.21 Å². The molecular weight excluding hydrogens is 293 g/mol. The second kappa shape index (κ2) is 7.20. The molecule has 0 aliphatic carbocycles. The van der Waals surface area contributed by atoms with Gasteiger partial charge in [-0.3, -0.25) is 0 Å². The Balaban J connectivity index is 3.05. The molecule has 1 rings (SSSR count). The monoisotopic (exact) mass is 317 g/mol. The van der Waals surface area contributed by atoms with Crippen LogP contribution in [0.25, 0.3) is 0 Å². The number of nitrogens with two attached hydrogens (primary N) is 1. The number of halogens is 1. The Hall–Kier alpha value is -1.18. The normalized spacial score (nSPS) is 12.3. The van der Waals surface area contributed by atoms with E-state index in [1.807, 2.05) is 19.0 Å². The fourth-order valence-corrected chi connectivity index (χ4v) is 3.83. The van der Waals surface area contributed by atoms with Crippen LogP contribution >= 0.6 is 0 Å². The first-order valence-electron chi connectivity index (χ1n) is 6.90. The molecule has 0 heterocycles. The Bertz CT molecular complexity index is 588. The lowest BCUT2D eigenvalue weighted by Crippen LogP contribution is -2.33. The lowest BCUT2D eigenvalue weighted by molar-refractivity contribution is 0.356. The summed E-state index contributed by atoms with van der Waals surface area (Å²) in [4.78, 5) is 2.08. The summed E-state index contributed by atoms with van der Waals surface area (Å²) in [6, 6.07) is 2.37. The molecule has 0 saturated heterocycles. The number of sulfonamides is 1. The molecule has 0 aliphatic rings. The van der Waals surface area contributed by atoms with Crippen LogP contribution in [0.1, 0.15) is 18.9 Å². The van der Waals surface area contributed by atoms with Gasteiger partial charge in [-0.2, -0.15) is 4.31 Å². The highest BCUT2D eigenvalue weighted by Crippen LogP contribution is 2.24. The zero-order valence-corrected chi connectivity index (χ0v) is 13.9. The van der Waals surface area contributed by atoms with Crippen LogP contribution < -0.4 is 5.73 Å². The molecule has 1 aromatic carbocycles. The molecule has 0 radical (unpaired) electrons. The highest BCUT2D eigenvalue weighted by atomic mass is 32.2. The topological polar surface area (TPSA) is 66.6 Å². The molecule has 0 fully saturated rings. The van der Waals surface area contributed by atoms with E-state index in [-0.39, 0.29) is 10.6 Å². The van der Waals surface area contributed by atoms with Crippen LogP contribution in [0.15, 0.2) is 17.0 Å². The number of nitrogen functional groups attached to an aromatic ring is 1. The summed E-state index contributed by atoms with van der Waals surface area (Å²) in [6.07, 6.45) is 0.732. The zero-order valence-electron chi connectivity index (χ0n) is 13.1. The van der Waals surface area contributed by atoms with Crippen LogP contribution in [-0.4, -0.2) is 51.4 Å². The highest BCUT2D eigenvalue weighted by molar-refractivity contribution is 7.89. The third-order valence-corrected chi connectivity index (χ3v) is 5.39. The summed E-state index contributed by atoms with van der Waals surface area (Å²) in [5, 5.41) is 0. The quantitative estimate of drug-likeness (QED) is 0.777.